The van der Waals surface area contributed by atoms with E-state index in [0.29, 0.717) is 17.4 Å². The van der Waals surface area contributed by atoms with E-state index in [1.165, 1.54) is 19.2 Å². The van der Waals surface area contributed by atoms with Gasteiger partial charge in [-0.3, -0.25) is 9.36 Å². The molecule has 3 rings (SSSR count). The fraction of sp³-hybridized carbons (Fsp3) is 0.444. The molecule has 0 radical (unpaired) electrons. The van der Waals surface area contributed by atoms with Crippen LogP contribution in [0.2, 0.25) is 0 Å². The fourth-order valence-corrected chi connectivity index (χ4v) is 2.99. The van der Waals surface area contributed by atoms with Crippen molar-refractivity contribution >= 4 is 22.8 Å². The summed E-state index contributed by atoms with van der Waals surface area (Å²) in [7, 11) is 1.22. The van der Waals surface area contributed by atoms with Crippen LogP contribution in [0.15, 0.2) is 23.0 Å². The van der Waals surface area contributed by atoms with Crippen LogP contribution in [-0.4, -0.2) is 35.2 Å². The van der Waals surface area contributed by atoms with Crippen molar-refractivity contribution in [1.29, 1.82) is 0 Å². The van der Waals surface area contributed by atoms with Gasteiger partial charge < -0.3 is 9.47 Å². The largest absolute Gasteiger partial charge is 0.466 e. The molecule has 7 heteroatoms. The van der Waals surface area contributed by atoms with E-state index in [9.17, 15) is 14.4 Å². The van der Waals surface area contributed by atoms with Gasteiger partial charge in [0.05, 0.1) is 23.6 Å². The van der Waals surface area contributed by atoms with E-state index in [-0.39, 0.29) is 11.1 Å². The second kappa shape index (κ2) is 7.46. The van der Waals surface area contributed by atoms with E-state index in [1.807, 2.05) is 0 Å². The third-order valence-electron chi connectivity index (χ3n) is 4.35. The Morgan fingerprint density at radius 3 is 2.80 bits per heavy atom. The van der Waals surface area contributed by atoms with E-state index >= 15 is 0 Å². The van der Waals surface area contributed by atoms with Crippen LogP contribution in [-0.2, 0) is 27.2 Å². The first-order valence-corrected chi connectivity index (χ1v) is 8.37. The van der Waals surface area contributed by atoms with Gasteiger partial charge in [0.2, 0.25) is 0 Å². The van der Waals surface area contributed by atoms with E-state index in [0.717, 1.165) is 37.9 Å². The van der Waals surface area contributed by atoms with Crippen LogP contribution in [0.1, 0.15) is 41.9 Å². The number of nitrogens with zero attached hydrogens (tertiary/aromatic N) is 2. The Morgan fingerprint density at radius 2 is 2.00 bits per heavy atom. The van der Waals surface area contributed by atoms with Crippen molar-refractivity contribution in [1.82, 2.24) is 9.55 Å². The molecule has 0 saturated heterocycles. The number of hydrogen-bond acceptors (Lipinski definition) is 6. The van der Waals surface area contributed by atoms with Crippen LogP contribution in [0, 0.1) is 0 Å². The van der Waals surface area contributed by atoms with Gasteiger partial charge >= 0.3 is 11.9 Å². The highest BCUT2D eigenvalue weighted by atomic mass is 16.6. The van der Waals surface area contributed by atoms with Crippen LogP contribution in [0.25, 0.3) is 10.9 Å². The number of ether oxygens (including phenoxy) is 2. The second-order valence-corrected chi connectivity index (χ2v) is 6.03. The molecule has 2 aromatic rings. The van der Waals surface area contributed by atoms with Gasteiger partial charge in [0.1, 0.15) is 5.82 Å². The van der Waals surface area contributed by atoms with Crippen molar-refractivity contribution < 1.29 is 19.1 Å². The Kier molecular flexibility index (Phi) is 5.11. The van der Waals surface area contributed by atoms with Gasteiger partial charge in [0, 0.05) is 13.0 Å². The number of aryl methyl sites for hydroxylation is 1. The summed E-state index contributed by atoms with van der Waals surface area (Å²) in [5.41, 5.74) is 0.653. The number of esters is 2. The Labute approximate surface area is 144 Å². The van der Waals surface area contributed by atoms with Gasteiger partial charge in [-0.2, -0.15) is 0 Å². The third kappa shape index (κ3) is 3.70. The van der Waals surface area contributed by atoms with Crippen LogP contribution in [0.5, 0.6) is 0 Å². The maximum atomic E-state index is 12.7. The number of hydrogen-bond donors (Lipinski definition) is 0. The monoisotopic (exact) mass is 344 g/mol. The van der Waals surface area contributed by atoms with Gasteiger partial charge in [-0.1, -0.05) is 12.8 Å². The first-order chi connectivity index (χ1) is 12.1. The molecular weight excluding hydrogens is 324 g/mol. The summed E-state index contributed by atoms with van der Waals surface area (Å²) in [5.74, 6) is -0.523. The SMILES string of the molecule is COC(=O)COC(=O)c1ccc2c(=O)n3c(nc2c1)CCCCCC3. The predicted molar refractivity (Wildman–Crippen MR) is 90.5 cm³/mol. The smallest absolute Gasteiger partial charge is 0.344 e. The lowest BCUT2D eigenvalue weighted by atomic mass is 10.1. The van der Waals surface area contributed by atoms with Crippen molar-refractivity contribution in [3.8, 4) is 0 Å². The number of carbonyl (C=O) groups is 2. The number of aromatic nitrogens is 2. The average Bonchev–Trinajstić information content (AvgIpc) is 2.60. The van der Waals surface area contributed by atoms with Gasteiger partial charge in [-0.05, 0) is 31.0 Å². The van der Waals surface area contributed by atoms with E-state index in [4.69, 9.17) is 4.74 Å². The zero-order valence-electron chi connectivity index (χ0n) is 14.1. The molecule has 7 nitrogen and oxygen atoms in total. The van der Waals surface area contributed by atoms with Crippen LogP contribution in [0.3, 0.4) is 0 Å². The number of rotatable bonds is 3. The van der Waals surface area contributed by atoms with E-state index < -0.39 is 18.5 Å². The van der Waals surface area contributed by atoms with Gasteiger partial charge in [-0.25, -0.2) is 14.6 Å². The summed E-state index contributed by atoms with van der Waals surface area (Å²) in [6, 6.07) is 4.64. The van der Waals surface area contributed by atoms with Crippen molar-refractivity contribution in [3.05, 3.63) is 39.9 Å². The minimum Gasteiger partial charge on any atom is -0.466 e. The van der Waals surface area contributed by atoms with Crippen molar-refractivity contribution in [3.63, 3.8) is 0 Å². The number of carbonyl (C=O) groups excluding carboxylic acids is 2. The third-order valence-corrected chi connectivity index (χ3v) is 4.35. The lowest BCUT2D eigenvalue weighted by Gasteiger charge is -2.16. The molecule has 0 aliphatic carbocycles. The molecule has 0 unspecified atom stereocenters. The lowest BCUT2D eigenvalue weighted by molar-refractivity contribution is -0.144. The van der Waals surface area contributed by atoms with E-state index in [2.05, 4.69) is 9.72 Å². The first-order valence-electron chi connectivity index (χ1n) is 8.37. The minimum absolute atomic E-state index is 0.0728. The van der Waals surface area contributed by atoms with Crippen LogP contribution < -0.4 is 5.56 Å². The fourth-order valence-electron chi connectivity index (χ4n) is 2.99. The maximum absolute atomic E-state index is 12.7. The molecule has 0 saturated carbocycles. The highest BCUT2D eigenvalue weighted by Crippen LogP contribution is 2.16. The van der Waals surface area contributed by atoms with Crippen molar-refractivity contribution in [2.24, 2.45) is 0 Å². The second-order valence-electron chi connectivity index (χ2n) is 6.03. The number of methoxy groups -OCH3 is 1. The zero-order valence-corrected chi connectivity index (χ0v) is 14.1. The highest BCUT2D eigenvalue weighted by Gasteiger charge is 2.16. The van der Waals surface area contributed by atoms with Crippen molar-refractivity contribution in [2.45, 2.75) is 38.6 Å². The molecule has 25 heavy (non-hydrogen) atoms. The molecule has 0 fully saturated rings. The minimum atomic E-state index is -0.652. The molecular formula is C18H20N2O5. The molecule has 1 aromatic carbocycles. The lowest BCUT2D eigenvalue weighted by Crippen LogP contribution is -2.26. The first kappa shape index (κ1) is 17.1. The molecule has 132 valence electrons. The van der Waals surface area contributed by atoms with Gasteiger partial charge in [0.15, 0.2) is 6.61 Å². The molecule has 0 spiro atoms. The molecule has 1 aliphatic rings. The summed E-state index contributed by atoms with van der Waals surface area (Å²) in [6.45, 7) is 0.230. The Hall–Kier alpha value is -2.70. The quantitative estimate of drug-likeness (QED) is 0.790. The summed E-state index contributed by atoms with van der Waals surface area (Å²) in [5, 5.41) is 0.480. The summed E-state index contributed by atoms with van der Waals surface area (Å²) in [6.07, 6.45) is 4.97. The Bertz CT molecular complexity index is 872. The van der Waals surface area contributed by atoms with Crippen molar-refractivity contribution in [2.75, 3.05) is 13.7 Å². The maximum Gasteiger partial charge on any atom is 0.344 e. The summed E-state index contributed by atoms with van der Waals surface area (Å²) < 4.78 is 11.1. The molecule has 0 N–H and O–H groups in total. The highest BCUT2D eigenvalue weighted by molar-refractivity contribution is 5.94. The Morgan fingerprint density at radius 1 is 1.20 bits per heavy atom. The van der Waals surface area contributed by atoms with Gasteiger partial charge in [0.25, 0.3) is 5.56 Å². The molecule has 2 heterocycles. The van der Waals surface area contributed by atoms with E-state index in [1.54, 1.807) is 10.6 Å². The molecule has 0 amide bonds. The predicted octanol–water partition coefficient (Wildman–Crippen LogP) is 1.84. The van der Waals surface area contributed by atoms with Gasteiger partial charge in [-0.15, -0.1) is 0 Å². The normalized spacial score (nSPS) is 14.3. The Balaban J connectivity index is 1.94. The standard InChI is InChI=1S/C18H20N2O5/c1-24-16(21)11-25-18(23)12-7-8-13-14(10-12)19-15-6-4-2-3-5-9-20(15)17(13)22/h7-8,10H,2-6,9,11H2,1H3. The molecule has 1 aliphatic heterocycles. The average molecular weight is 344 g/mol. The topological polar surface area (TPSA) is 87.5 Å². The number of fused-ring (bicyclic) bond motifs is 2. The summed E-state index contributed by atoms with van der Waals surface area (Å²) >= 11 is 0. The molecule has 1 aromatic heterocycles. The van der Waals surface area contributed by atoms with Crippen LogP contribution >= 0.6 is 0 Å². The molecule has 0 atom stereocenters. The zero-order chi connectivity index (χ0) is 17.8. The summed E-state index contributed by atoms with van der Waals surface area (Å²) in [4.78, 5) is 40.4. The molecule has 0 bridgehead atoms. The number of benzene rings is 1. The van der Waals surface area contributed by atoms with Crippen LogP contribution in [0.4, 0.5) is 0 Å².